The number of methoxy groups -OCH3 is 1. The minimum absolute atomic E-state index is 0.0919. The molecule has 1 fully saturated rings. The van der Waals surface area contributed by atoms with Gasteiger partial charge in [0.15, 0.2) is 0 Å². The highest BCUT2D eigenvalue weighted by Crippen LogP contribution is 2.53. The molecule has 0 saturated heterocycles. The van der Waals surface area contributed by atoms with E-state index < -0.39 is 19.1 Å². The first-order valence-electron chi connectivity index (χ1n) is 13.1. The number of esters is 1. The summed E-state index contributed by atoms with van der Waals surface area (Å²) in [6, 6.07) is 21.0. The van der Waals surface area contributed by atoms with Crippen LogP contribution in [0.4, 0.5) is 0 Å². The van der Waals surface area contributed by atoms with E-state index in [0.717, 1.165) is 0 Å². The van der Waals surface area contributed by atoms with Gasteiger partial charge in [-0.2, -0.15) is 0 Å². The highest BCUT2D eigenvalue weighted by Gasteiger charge is 2.55. The predicted octanol–water partition coefficient (Wildman–Crippen LogP) is 5.86. The van der Waals surface area contributed by atoms with E-state index >= 15 is 0 Å². The Balaban J connectivity index is 1.98. The van der Waals surface area contributed by atoms with E-state index in [9.17, 15) is 9.59 Å². The average Bonchev–Trinajstić information content (AvgIpc) is 2.89. The smallest absolute Gasteiger partial charge is 0.315 e. The Hall–Kier alpha value is -2.76. The number of carbonyl (C=O) groups excluding carboxylic acids is 2. The first-order valence-corrected chi connectivity index (χ1v) is 15.0. The molecule has 2 aromatic carbocycles. The molecule has 37 heavy (non-hydrogen) atoms. The molecule has 0 unspecified atom stereocenters. The molecule has 0 amide bonds. The molecule has 0 heterocycles. The molecule has 3 rings (SSSR count). The van der Waals surface area contributed by atoms with Crippen LogP contribution in [0.5, 0.6) is 0 Å². The molecule has 198 valence electrons. The van der Waals surface area contributed by atoms with Crippen molar-refractivity contribution in [3.63, 3.8) is 0 Å². The van der Waals surface area contributed by atoms with E-state index in [-0.39, 0.29) is 22.7 Å². The van der Waals surface area contributed by atoms with Gasteiger partial charge in [-0.3, -0.25) is 9.59 Å². The molecule has 0 N–H and O–H groups in total. The van der Waals surface area contributed by atoms with E-state index in [0.29, 0.717) is 31.4 Å². The van der Waals surface area contributed by atoms with Crippen LogP contribution < -0.4 is 10.4 Å². The molecular weight excluding hydrogens is 476 g/mol. The molecule has 0 bridgehead atoms. The van der Waals surface area contributed by atoms with Gasteiger partial charge in [-0.15, -0.1) is 6.58 Å². The maximum atomic E-state index is 13.4. The standard InChI is InChI=1S/C32H42O4Si/c1-9-25(32(7)24(2)31(6,29(34)35-8)22-20-28(32)33)21-23-36-37(30(3,4)5,26-16-12-10-13-17-26)27-18-14-11-15-19-27/h9-19,25H,1-2,20-23H2,3-8H3/t25-,31-,32-/m1/s1. The van der Waals surface area contributed by atoms with Crippen molar-refractivity contribution < 1.29 is 18.8 Å². The lowest BCUT2D eigenvalue weighted by Gasteiger charge is -2.48. The van der Waals surface area contributed by atoms with Gasteiger partial charge in [-0.25, -0.2) is 0 Å². The second-order valence-corrected chi connectivity index (χ2v) is 15.9. The summed E-state index contributed by atoms with van der Waals surface area (Å²) in [5, 5.41) is 2.29. The van der Waals surface area contributed by atoms with Gasteiger partial charge in [0.25, 0.3) is 8.32 Å². The monoisotopic (exact) mass is 518 g/mol. The van der Waals surface area contributed by atoms with E-state index in [4.69, 9.17) is 9.16 Å². The number of hydrogen-bond acceptors (Lipinski definition) is 4. The molecule has 0 spiro atoms. The zero-order chi connectivity index (χ0) is 27.5. The summed E-state index contributed by atoms with van der Waals surface area (Å²) in [5.74, 6) is -0.480. The normalized spacial score (nSPS) is 23.4. The number of rotatable bonds is 9. The lowest BCUT2D eigenvalue weighted by atomic mass is 9.54. The van der Waals surface area contributed by atoms with Crippen molar-refractivity contribution in [3.05, 3.63) is 85.5 Å². The van der Waals surface area contributed by atoms with Crippen molar-refractivity contribution in [2.75, 3.05) is 13.7 Å². The molecule has 1 aliphatic carbocycles. The van der Waals surface area contributed by atoms with Crippen molar-refractivity contribution >= 4 is 30.4 Å². The van der Waals surface area contributed by atoms with E-state index in [1.165, 1.54) is 17.5 Å². The van der Waals surface area contributed by atoms with Crippen LogP contribution in [0.3, 0.4) is 0 Å². The third kappa shape index (κ3) is 4.91. The van der Waals surface area contributed by atoms with Gasteiger partial charge in [-0.1, -0.05) is 94.1 Å². The molecule has 4 nitrogen and oxygen atoms in total. The zero-order valence-electron chi connectivity index (χ0n) is 23.3. The van der Waals surface area contributed by atoms with Crippen molar-refractivity contribution in [2.45, 2.75) is 58.9 Å². The molecule has 5 heteroatoms. The summed E-state index contributed by atoms with van der Waals surface area (Å²) in [4.78, 5) is 26.1. The highest BCUT2D eigenvalue weighted by molar-refractivity contribution is 6.99. The summed E-state index contributed by atoms with van der Waals surface area (Å²) in [6.45, 7) is 19.3. The minimum atomic E-state index is -2.70. The number of ketones is 1. The van der Waals surface area contributed by atoms with Crippen LogP contribution in [-0.2, 0) is 18.8 Å². The molecule has 1 saturated carbocycles. The van der Waals surface area contributed by atoms with Gasteiger partial charge in [0.1, 0.15) is 5.78 Å². The number of hydrogen-bond donors (Lipinski definition) is 0. The van der Waals surface area contributed by atoms with Gasteiger partial charge in [0.2, 0.25) is 0 Å². The Morgan fingerprint density at radius 1 is 1.05 bits per heavy atom. The quantitative estimate of drug-likeness (QED) is 0.237. The summed E-state index contributed by atoms with van der Waals surface area (Å²) in [6.07, 6.45) is 3.14. The van der Waals surface area contributed by atoms with Crippen molar-refractivity contribution in [2.24, 2.45) is 16.7 Å². The van der Waals surface area contributed by atoms with E-state index in [2.05, 4.69) is 82.5 Å². The average molecular weight is 519 g/mol. The summed E-state index contributed by atoms with van der Waals surface area (Å²) in [5.41, 5.74) is -1.21. The minimum Gasteiger partial charge on any atom is -0.468 e. The van der Waals surface area contributed by atoms with Gasteiger partial charge in [0.05, 0.1) is 17.9 Å². The van der Waals surface area contributed by atoms with Crippen molar-refractivity contribution in [1.29, 1.82) is 0 Å². The molecule has 3 atom stereocenters. The first kappa shape index (κ1) is 28.8. The molecule has 0 radical (unpaired) electrons. The summed E-state index contributed by atoms with van der Waals surface area (Å²) in [7, 11) is -1.32. The summed E-state index contributed by atoms with van der Waals surface area (Å²) < 4.78 is 12.2. The zero-order valence-corrected chi connectivity index (χ0v) is 24.3. The van der Waals surface area contributed by atoms with Crippen LogP contribution in [0.1, 0.15) is 53.9 Å². The summed E-state index contributed by atoms with van der Waals surface area (Å²) >= 11 is 0. The Bertz CT molecular complexity index is 1090. The fourth-order valence-corrected chi connectivity index (χ4v) is 10.7. The predicted molar refractivity (Wildman–Crippen MR) is 153 cm³/mol. The third-order valence-electron chi connectivity index (χ3n) is 8.55. The second-order valence-electron chi connectivity index (χ2n) is 11.6. The molecular formula is C32H42O4Si. The van der Waals surface area contributed by atoms with Crippen LogP contribution in [0.25, 0.3) is 0 Å². The molecule has 2 aromatic rings. The second kappa shape index (κ2) is 10.9. The molecule has 0 aromatic heterocycles. The maximum absolute atomic E-state index is 13.4. The van der Waals surface area contributed by atoms with Gasteiger partial charge in [-0.05, 0) is 53.6 Å². The van der Waals surface area contributed by atoms with Crippen LogP contribution in [0.2, 0.25) is 5.04 Å². The lowest BCUT2D eigenvalue weighted by Crippen LogP contribution is -2.66. The SMILES string of the molecule is C=C[C@H](CCO[Si](c1ccccc1)(c1ccccc1)C(C)(C)C)[C@@]1(C)C(=C)[C@](C)(C(=O)OC)CCC1=O. The Labute approximate surface area is 223 Å². The van der Waals surface area contributed by atoms with Gasteiger partial charge in [0, 0.05) is 13.0 Å². The van der Waals surface area contributed by atoms with Crippen LogP contribution in [0.15, 0.2) is 85.5 Å². The topological polar surface area (TPSA) is 52.6 Å². The number of allylic oxidation sites excluding steroid dienone is 1. The van der Waals surface area contributed by atoms with Crippen LogP contribution in [0, 0.1) is 16.7 Å². The third-order valence-corrected chi connectivity index (χ3v) is 13.6. The highest BCUT2D eigenvalue weighted by atomic mass is 28.4. The van der Waals surface area contributed by atoms with Crippen molar-refractivity contribution in [1.82, 2.24) is 0 Å². The Morgan fingerprint density at radius 3 is 2.00 bits per heavy atom. The fourth-order valence-electron chi connectivity index (χ4n) is 6.14. The number of carbonyl (C=O) groups is 2. The number of ether oxygens (including phenoxy) is 1. The number of Topliss-reactive ketones (excluding diaryl/α,β-unsaturated/α-hetero) is 1. The largest absolute Gasteiger partial charge is 0.468 e. The van der Waals surface area contributed by atoms with Crippen LogP contribution >= 0.6 is 0 Å². The Morgan fingerprint density at radius 2 is 1.57 bits per heavy atom. The van der Waals surface area contributed by atoms with E-state index in [1.807, 2.05) is 32.1 Å². The fraction of sp³-hybridized carbons (Fsp3) is 0.438. The van der Waals surface area contributed by atoms with Crippen molar-refractivity contribution in [3.8, 4) is 0 Å². The van der Waals surface area contributed by atoms with Gasteiger partial charge >= 0.3 is 5.97 Å². The van der Waals surface area contributed by atoms with E-state index in [1.54, 1.807) is 0 Å². The molecule has 1 aliphatic rings. The lowest BCUT2D eigenvalue weighted by molar-refractivity contribution is -0.153. The molecule has 0 aliphatic heterocycles. The number of benzene rings is 2. The van der Waals surface area contributed by atoms with Gasteiger partial charge < -0.3 is 9.16 Å². The van der Waals surface area contributed by atoms with Crippen LogP contribution in [-0.4, -0.2) is 33.8 Å². The Kier molecular flexibility index (Phi) is 8.50. The first-order chi connectivity index (χ1) is 17.4. The maximum Gasteiger partial charge on any atom is 0.315 e.